The topological polar surface area (TPSA) is 129 Å². The van der Waals surface area contributed by atoms with Crippen LogP contribution in [-0.4, -0.2) is 24.9 Å². The van der Waals surface area contributed by atoms with Crippen molar-refractivity contribution in [2.24, 2.45) is 0 Å². The number of hydrogen-bond acceptors (Lipinski definition) is 9. The van der Waals surface area contributed by atoms with Crippen LogP contribution >= 0.6 is 11.8 Å². The minimum Gasteiger partial charge on any atom is -0.384 e. The van der Waals surface area contributed by atoms with Gasteiger partial charge in [-0.05, 0) is 25.5 Å². The van der Waals surface area contributed by atoms with Gasteiger partial charge in [-0.1, -0.05) is 30.0 Å². The van der Waals surface area contributed by atoms with E-state index in [0.29, 0.717) is 28.5 Å². The SMILES string of the molecule is Cc1cc(N)nc(SCc2nc(N)nc(Nc3ccccc3C)n2)n1. The Kier molecular flexibility index (Phi) is 4.94. The lowest BCUT2D eigenvalue weighted by molar-refractivity contribution is 0.931. The molecule has 0 fully saturated rings. The normalized spacial score (nSPS) is 10.6. The van der Waals surface area contributed by atoms with Gasteiger partial charge in [0.2, 0.25) is 11.9 Å². The fourth-order valence-electron chi connectivity index (χ4n) is 2.15. The summed E-state index contributed by atoms with van der Waals surface area (Å²) in [6, 6.07) is 9.58. The molecule has 1 aromatic carbocycles. The average Bonchev–Trinajstić information content (AvgIpc) is 2.54. The fraction of sp³-hybridized carbons (Fsp3) is 0.188. The largest absolute Gasteiger partial charge is 0.384 e. The molecule has 3 rings (SSSR count). The molecule has 25 heavy (non-hydrogen) atoms. The average molecular weight is 354 g/mol. The Morgan fingerprint density at radius 2 is 1.80 bits per heavy atom. The van der Waals surface area contributed by atoms with E-state index in [1.165, 1.54) is 11.8 Å². The van der Waals surface area contributed by atoms with Gasteiger partial charge >= 0.3 is 0 Å². The lowest BCUT2D eigenvalue weighted by Crippen LogP contribution is -2.07. The number of nitrogens with one attached hydrogen (secondary N) is 1. The first-order chi connectivity index (χ1) is 12.0. The van der Waals surface area contributed by atoms with E-state index >= 15 is 0 Å². The highest BCUT2D eigenvalue weighted by Crippen LogP contribution is 2.21. The van der Waals surface area contributed by atoms with Gasteiger partial charge in [0, 0.05) is 17.4 Å². The van der Waals surface area contributed by atoms with Gasteiger partial charge in [-0.2, -0.15) is 15.0 Å². The molecule has 5 N–H and O–H groups in total. The van der Waals surface area contributed by atoms with Crippen molar-refractivity contribution in [2.45, 2.75) is 24.8 Å². The molecule has 0 saturated carbocycles. The minimum absolute atomic E-state index is 0.159. The summed E-state index contributed by atoms with van der Waals surface area (Å²) >= 11 is 1.39. The van der Waals surface area contributed by atoms with Crippen molar-refractivity contribution in [3.05, 3.63) is 47.4 Å². The van der Waals surface area contributed by atoms with Crippen LogP contribution in [0, 0.1) is 13.8 Å². The maximum Gasteiger partial charge on any atom is 0.232 e. The summed E-state index contributed by atoms with van der Waals surface area (Å²) < 4.78 is 0. The first kappa shape index (κ1) is 16.9. The smallest absolute Gasteiger partial charge is 0.232 e. The lowest BCUT2D eigenvalue weighted by atomic mass is 10.2. The molecule has 0 aliphatic heterocycles. The number of rotatable bonds is 5. The van der Waals surface area contributed by atoms with Crippen molar-refractivity contribution >= 4 is 35.2 Å². The molecule has 0 aliphatic rings. The van der Waals surface area contributed by atoms with Crippen molar-refractivity contribution in [3.63, 3.8) is 0 Å². The summed E-state index contributed by atoms with van der Waals surface area (Å²) in [7, 11) is 0. The van der Waals surface area contributed by atoms with Gasteiger partial charge in [-0.15, -0.1) is 0 Å². The highest BCUT2D eigenvalue weighted by molar-refractivity contribution is 7.98. The van der Waals surface area contributed by atoms with Gasteiger partial charge in [-0.3, -0.25) is 0 Å². The van der Waals surface area contributed by atoms with Crippen molar-refractivity contribution in [2.75, 3.05) is 16.8 Å². The van der Waals surface area contributed by atoms with E-state index in [1.54, 1.807) is 6.07 Å². The monoisotopic (exact) mass is 354 g/mol. The minimum atomic E-state index is 0.159. The molecule has 9 heteroatoms. The molecule has 0 aliphatic carbocycles. The van der Waals surface area contributed by atoms with Crippen LogP contribution in [0.15, 0.2) is 35.5 Å². The van der Waals surface area contributed by atoms with E-state index in [9.17, 15) is 0 Å². The molecule has 128 valence electrons. The van der Waals surface area contributed by atoms with E-state index in [-0.39, 0.29) is 5.95 Å². The van der Waals surface area contributed by atoms with E-state index in [0.717, 1.165) is 16.9 Å². The molecule has 0 unspecified atom stereocenters. The van der Waals surface area contributed by atoms with Crippen molar-refractivity contribution in [1.82, 2.24) is 24.9 Å². The van der Waals surface area contributed by atoms with Crippen LogP contribution in [0.4, 0.5) is 23.4 Å². The van der Waals surface area contributed by atoms with Gasteiger partial charge in [0.25, 0.3) is 0 Å². The third-order valence-electron chi connectivity index (χ3n) is 3.27. The molecule has 0 amide bonds. The van der Waals surface area contributed by atoms with E-state index in [4.69, 9.17) is 11.5 Å². The number of hydrogen-bond donors (Lipinski definition) is 3. The predicted octanol–water partition coefficient (Wildman–Crippen LogP) is 2.48. The van der Waals surface area contributed by atoms with Crippen LogP contribution in [0.5, 0.6) is 0 Å². The van der Waals surface area contributed by atoms with Gasteiger partial charge in [0.15, 0.2) is 5.16 Å². The van der Waals surface area contributed by atoms with Crippen LogP contribution < -0.4 is 16.8 Å². The van der Waals surface area contributed by atoms with Crippen LogP contribution in [0.3, 0.4) is 0 Å². The zero-order chi connectivity index (χ0) is 17.8. The fourth-order valence-corrected chi connectivity index (χ4v) is 2.92. The third-order valence-corrected chi connectivity index (χ3v) is 4.12. The summed E-state index contributed by atoms with van der Waals surface area (Å²) in [4.78, 5) is 21.2. The summed E-state index contributed by atoms with van der Waals surface area (Å²) in [5.41, 5.74) is 14.4. The summed E-state index contributed by atoms with van der Waals surface area (Å²) in [5.74, 6) is 2.00. The zero-order valence-electron chi connectivity index (χ0n) is 13.9. The molecule has 0 bridgehead atoms. The van der Waals surface area contributed by atoms with Gasteiger partial charge < -0.3 is 16.8 Å². The Balaban J connectivity index is 1.76. The first-order valence-electron chi connectivity index (χ1n) is 7.56. The van der Waals surface area contributed by atoms with Crippen molar-refractivity contribution < 1.29 is 0 Å². The van der Waals surface area contributed by atoms with Crippen LogP contribution in [-0.2, 0) is 5.75 Å². The van der Waals surface area contributed by atoms with E-state index in [1.807, 2.05) is 38.1 Å². The number of anilines is 4. The van der Waals surface area contributed by atoms with Crippen molar-refractivity contribution in [3.8, 4) is 0 Å². The lowest BCUT2D eigenvalue weighted by Gasteiger charge is -2.09. The quantitative estimate of drug-likeness (QED) is 0.467. The summed E-state index contributed by atoms with van der Waals surface area (Å²) in [6.07, 6.45) is 0. The molecule has 0 atom stereocenters. The Hall–Kier alpha value is -2.94. The number of thioether (sulfide) groups is 1. The Bertz CT molecular complexity index is 879. The summed E-state index contributed by atoms with van der Waals surface area (Å²) in [5, 5.41) is 3.74. The number of aryl methyl sites for hydroxylation is 2. The second-order valence-electron chi connectivity index (χ2n) is 5.38. The molecule has 8 nitrogen and oxygen atoms in total. The number of nitrogen functional groups attached to an aromatic ring is 2. The molecule has 0 spiro atoms. The molecule has 0 saturated heterocycles. The van der Waals surface area contributed by atoms with Crippen LogP contribution in [0.25, 0.3) is 0 Å². The molecule has 0 radical (unpaired) electrons. The van der Waals surface area contributed by atoms with Crippen LogP contribution in [0.1, 0.15) is 17.1 Å². The second kappa shape index (κ2) is 7.31. The number of nitrogens with two attached hydrogens (primary N) is 2. The standard InChI is InChI=1S/C16H18N8S/c1-9-5-3-4-6-11(9)20-15-23-13(22-14(18)24-15)8-25-16-19-10(2)7-12(17)21-16/h3-7H,8H2,1-2H3,(H2,17,19,21)(H3,18,20,22,23,24). The van der Waals surface area contributed by atoms with E-state index in [2.05, 4.69) is 30.2 Å². The molecule has 2 heterocycles. The number of para-hydroxylation sites is 1. The number of aromatic nitrogens is 5. The Morgan fingerprint density at radius 1 is 1.00 bits per heavy atom. The van der Waals surface area contributed by atoms with Gasteiger partial charge in [-0.25, -0.2) is 9.97 Å². The number of nitrogens with zero attached hydrogens (tertiary/aromatic N) is 5. The Labute approximate surface area is 149 Å². The predicted molar refractivity (Wildman–Crippen MR) is 99.4 cm³/mol. The molecular formula is C16H18N8S. The van der Waals surface area contributed by atoms with Gasteiger partial charge in [0.05, 0.1) is 5.75 Å². The van der Waals surface area contributed by atoms with E-state index < -0.39 is 0 Å². The highest BCUT2D eigenvalue weighted by atomic mass is 32.2. The third kappa shape index (κ3) is 4.54. The van der Waals surface area contributed by atoms with Crippen molar-refractivity contribution in [1.29, 1.82) is 0 Å². The zero-order valence-corrected chi connectivity index (χ0v) is 14.7. The maximum absolute atomic E-state index is 5.81. The second-order valence-corrected chi connectivity index (χ2v) is 6.32. The Morgan fingerprint density at radius 3 is 2.56 bits per heavy atom. The van der Waals surface area contributed by atoms with Gasteiger partial charge in [0.1, 0.15) is 11.6 Å². The number of benzene rings is 1. The molecular weight excluding hydrogens is 336 g/mol. The highest BCUT2D eigenvalue weighted by Gasteiger charge is 2.08. The maximum atomic E-state index is 5.81. The summed E-state index contributed by atoms with van der Waals surface area (Å²) in [6.45, 7) is 3.87. The molecule has 2 aromatic heterocycles. The first-order valence-corrected chi connectivity index (χ1v) is 8.55. The van der Waals surface area contributed by atoms with Crippen LogP contribution in [0.2, 0.25) is 0 Å². The molecule has 3 aromatic rings.